The number of anilines is 1. The van der Waals surface area contributed by atoms with E-state index in [9.17, 15) is 0 Å². The summed E-state index contributed by atoms with van der Waals surface area (Å²) in [6.07, 6.45) is 2.50. The van der Waals surface area contributed by atoms with Gasteiger partial charge in [0.05, 0.1) is 12.8 Å². The number of ether oxygens (including phenoxy) is 1. The molecule has 1 unspecified atom stereocenters. The number of methoxy groups -OCH3 is 1. The number of nitrogen functional groups attached to an aromatic ring is 1. The molecule has 116 valence electrons. The van der Waals surface area contributed by atoms with Gasteiger partial charge in [0.25, 0.3) is 0 Å². The summed E-state index contributed by atoms with van der Waals surface area (Å²) in [5.41, 5.74) is 7.44. The lowest BCUT2D eigenvalue weighted by Crippen LogP contribution is -2.39. The molecule has 1 saturated heterocycles. The van der Waals surface area contributed by atoms with E-state index in [1.165, 1.54) is 19.4 Å². The van der Waals surface area contributed by atoms with Gasteiger partial charge in [0.2, 0.25) is 0 Å². The maximum atomic E-state index is 7.76. The van der Waals surface area contributed by atoms with E-state index in [2.05, 4.69) is 23.8 Å². The van der Waals surface area contributed by atoms with Crippen LogP contribution in [0, 0.1) is 5.41 Å². The Morgan fingerprint density at radius 1 is 1.52 bits per heavy atom. The highest BCUT2D eigenvalue weighted by molar-refractivity contribution is 6.00. The van der Waals surface area contributed by atoms with E-state index >= 15 is 0 Å². The van der Waals surface area contributed by atoms with Crippen LogP contribution in [0.15, 0.2) is 18.2 Å². The fourth-order valence-corrected chi connectivity index (χ4v) is 3.11. The zero-order chi connectivity index (χ0) is 15.4. The molecule has 1 aromatic rings. The summed E-state index contributed by atoms with van der Waals surface area (Å²) >= 11 is 0. The normalized spacial score (nSPS) is 18.7. The Labute approximate surface area is 127 Å². The molecular formula is C16H26N4O. The van der Waals surface area contributed by atoms with Crippen LogP contribution >= 0.6 is 0 Å². The third-order valence-corrected chi connectivity index (χ3v) is 4.30. The van der Waals surface area contributed by atoms with Gasteiger partial charge in [0.1, 0.15) is 11.6 Å². The van der Waals surface area contributed by atoms with E-state index in [0.717, 1.165) is 30.1 Å². The molecule has 3 N–H and O–H groups in total. The van der Waals surface area contributed by atoms with Crippen molar-refractivity contribution in [2.45, 2.75) is 25.8 Å². The van der Waals surface area contributed by atoms with Gasteiger partial charge in [0, 0.05) is 31.3 Å². The standard InChI is InChI=1S/C16H26N4O/c1-4-20-9-5-6-12(20)11-19(2)15-10-13(21-3)7-8-14(15)16(17)18/h7-8,10,12H,4-6,9,11H2,1-3H3,(H3,17,18). The Hall–Kier alpha value is -1.75. The smallest absolute Gasteiger partial charge is 0.124 e. The third-order valence-electron chi connectivity index (χ3n) is 4.30. The zero-order valence-electron chi connectivity index (χ0n) is 13.2. The summed E-state index contributed by atoms with van der Waals surface area (Å²) in [5, 5.41) is 7.76. The number of amidine groups is 1. The van der Waals surface area contributed by atoms with Crippen LogP contribution in [-0.2, 0) is 0 Å². The van der Waals surface area contributed by atoms with Crippen molar-refractivity contribution in [3.05, 3.63) is 23.8 Å². The number of nitrogens with one attached hydrogen (secondary N) is 1. The van der Waals surface area contributed by atoms with E-state index in [4.69, 9.17) is 15.9 Å². The molecule has 0 amide bonds. The van der Waals surface area contributed by atoms with Crippen LogP contribution in [0.3, 0.4) is 0 Å². The van der Waals surface area contributed by atoms with Crippen LogP contribution in [0.2, 0.25) is 0 Å². The minimum atomic E-state index is 0.0956. The van der Waals surface area contributed by atoms with E-state index in [1.54, 1.807) is 7.11 Å². The van der Waals surface area contributed by atoms with Gasteiger partial charge in [-0.15, -0.1) is 0 Å². The fourth-order valence-electron chi connectivity index (χ4n) is 3.11. The molecule has 0 radical (unpaired) electrons. The molecule has 21 heavy (non-hydrogen) atoms. The number of rotatable bonds is 6. The summed E-state index contributed by atoms with van der Waals surface area (Å²) in [5.74, 6) is 0.888. The van der Waals surface area contributed by atoms with Crippen LogP contribution in [-0.4, -0.2) is 50.6 Å². The summed E-state index contributed by atoms with van der Waals surface area (Å²) in [4.78, 5) is 4.71. The lowest BCUT2D eigenvalue weighted by molar-refractivity contribution is 0.270. The summed E-state index contributed by atoms with van der Waals surface area (Å²) in [6.45, 7) is 5.44. The van der Waals surface area contributed by atoms with Gasteiger partial charge in [-0.05, 0) is 38.1 Å². The Kier molecular flexibility index (Phi) is 5.07. The first-order valence-corrected chi connectivity index (χ1v) is 7.54. The van der Waals surface area contributed by atoms with Crippen molar-refractivity contribution in [1.29, 1.82) is 5.41 Å². The second kappa shape index (κ2) is 6.80. The number of nitrogens with two attached hydrogens (primary N) is 1. The molecule has 1 aliphatic rings. The molecule has 1 fully saturated rings. The van der Waals surface area contributed by atoms with Crippen LogP contribution < -0.4 is 15.4 Å². The van der Waals surface area contributed by atoms with Crippen molar-refractivity contribution in [2.75, 3.05) is 38.7 Å². The number of benzene rings is 1. The SMILES string of the molecule is CCN1CCCC1CN(C)c1cc(OC)ccc1C(=N)N. The Balaban J connectivity index is 2.20. The number of hydrogen-bond donors (Lipinski definition) is 2. The zero-order valence-corrected chi connectivity index (χ0v) is 13.2. The van der Waals surface area contributed by atoms with Crippen molar-refractivity contribution >= 4 is 11.5 Å². The Morgan fingerprint density at radius 2 is 2.29 bits per heavy atom. The first-order chi connectivity index (χ1) is 10.1. The van der Waals surface area contributed by atoms with Gasteiger partial charge >= 0.3 is 0 Å². The molecule has 0 aromatic heterocycles. The van der Waals surface area contributed by atoms with Crippen LogP contribution in [0.4, 0.5) is 5.69 Å². The van der Waals surface area contributed by atoms with Gasteiger partial charge in [-0.25, -0.2) is 0 Å². The van der Waals surface area contributed by atoms with Crippen molar-refractivity contribution in [2.24, 2.45) is 5.73 Å². The number of hydrogen-bond acceptors (Lipinski definition) is 4. The monoisotopic (exact) mass is 290 g/mol. The highest BCUT2D eigenvalue weighted by atomic mass is 16.5. The molecule has 2 rings (SSSR count). The molecule has 5 nitrogen and oxygen atoms in total. The number of likely N-dealkylation sites (tertiary alicyclic amines) is 1. The third kappa shape index (κ3) is 3.47. The minimum absolute atomic E-state index is 0.0956. The summed E-state index contributed by atoms with van der Waals surface area (Å²) in [7, 11) is 3.72. The second-order valence-corrected chi connectivity index (χ2v) is 5.60. The lowest BCUT2D eigenvalue weighted by Gasteiger charge is -2.30. The van der Waals surface area contributed by atoms with E-state index in [1.807, 2.05) is 18.2 Å². The largest absolute Gasteiger partial charge is 0.497 e. The molecule has 1 heterocycles. The summed E-state index contributed by atoms with van der Waals surface area (Å²) in [6, 6.07) is 6.24. The first kappa shape index (κ1) is 15.6. The predicted molar refractivity (Wildman–Crippen MR) is 87.5 cm³/mol. The lowest BCUT2D eigenvalue weighted by atomic mass is 10.1. The summed E-state index contributed by atoms with van der Waals surface area (Å²) < 4.78 is 5.30. The number of nitrogens with zero attached hydrogens (tertiary/aromatic N) is 2. The molecule has 0 aliphatic carbocycles. The van der Waals surface area contributed by atoms with Crippen molar-refractivity contribution in [3.8, 4) is 5.75 Å². The molecule has 5 heteroatoms. The van der Waals surface area contributed by atoms with Gasteiger partial charge in [-0.2, -0.15) is 0 Å². The van der Waals surface area contributed by atoms with Crippen molar-refractivity contribution < 1.29 is 4.74 Å². The first-order valence-electron chi connectivity index (χ1n) is 7.54. The Morgan fingerprint density at radius 3 is 2.90 bits per heavy atom. The molecule has 1 atom stereocenters. The van der Waals surface area contributed by atoms with E-state index in [-0.39, 0.29) is 5.84 Å². The predicted octanol–water partition coefficient (Wildman–Crippen LogP) is 1.90. The van der Waals surface area contributed by atoms with Gasteiger partial charge < -0.3 is 15.4 Å². The van der Waals surface area contributed by atoms with E-state index in [0.29, 0.717) is 6.04 Å². The molecule has 0 bridgehead atoms. The molecule has 0 saturated carbocycles. The van der Waals surface area contributed by atoms with Crippen LogP contribution in [0.5, 0.6) is 5.75 Å². The van der Waals surface area contributed by atoms with Crippen LogP contribution in [0.25, 0.3) is 0 Å². The molecule has 1 aromatic carbocycles. The fraction of sp³-hybridized carbons (Fsp3) is 0.562. The average molecular weight is 290 g/mol. The second-order valence-electron chi connectivity index (χ2n) is 5.60. The van der Waals surface area contributed by atoms with Gasteiger partial charge in [-0.1, -0.05) is 6.92 Å². The number of likely N-dealkylation sites (N-methyl/N-ethyl adjacent to an activating group) is 2. The highest BCUT2D eigenvalue weighted by Crippen LogP contribution is 2.27. The maximum absolute atomic E-state index is 7.76. The van der Waals surface area contributed by atoms with Crippen molar-refractivity contribution in [3.63, 3.8) is 0 Å². The van der Waals surface area contributed by atoms with E-state index < -0.39 is 0 Å². The quantitative estimate of drug-likeness (QED) is 0.620. The topological polar surface area (TPSA) is 65.6 Å². The average Bonchev–Trinajstić information content (AvgIpc) is 2.93. The highest BCUT2D eigenvalue weighted by Gasteiger charge is 2.25. The van der Waals surface area contributed by atoms with Crippen molar-refractivity contribution in [1.82, 2.24) is 4.90 Å². The van der Waals surface area contributed by atoms with Gasteiger partial charge in [-0.3, -0.25) is 10.3 Å². The van der Waals surface area contributed by atoms with Gasteiger partial charge in [0.15, 0.2) is 0 Å². The Bertz CT molecular complexity index is 503. The molecule has 0 spiro atoms. The minimum Gasteiger partial charge on any atom is -0.497 e. The molecule has 1 aliphatic heterocycles. The van der Waals surface area contributed by atoms with Crippen LogP contribution in [0.1, 0.15) is 25.3 Å². The maximum Gasteiger partial charge on any atom is 0.124 e. The molecular weight excluding hydrogens is 264 g/mol.